The van der Waals surface area contributed by atoms with Gasteiger partial charge in [0.05, 0.1) is 30.6 Å². The Balaban J connectivity index is 1.48. The standard InChI is InChI=1S/C27H29F5N4O2/c1-16(38-15-17-6-4-3-5-7-17)25-23-14-35(8-9-36(23)26(34-25)27(2,31)32)24(37)12-19(33)10-18-11-21(29)22(30)13-20(18)28/h3-7,11,13,16,19H,8-10,12,14-15,33H2,1-2H3. The highest BCUT2D eigenvalue weighted by Crippen LogP contribution is 2.34. The van der Waals surface area contributed by atoms with Crippen molar-refractivity contribution in [2.75, 3.05) is 6.54 Å². The van der Waals surface area contributed by atoms with E-state index >= 15 is 0 Å². The highest BCUT2D eigenvalue weighted by Gasteiger charge is 2.37. The third-order valence-corrected chi connectivity index (χ3v) is 6.52. The van der Waals surface area contributed by atoms with Crippen LogP contribution in [0.1, 0.15) is 54.7 Å². The minimum atomic E-state index is -3.20. The molecule has 3 aromatic rings. The number of aromatic nitrogens is 2. The van der Waals surface area contributed by atoms with E-state index in [2.05, 4.69) is 4.98 Å². The first kappa shape index (κ1) is 27.7. The number of rotatable bonds is 9. The molecule has 1 aliphatic rings. The molecule has 2 N–H and O–H groups in total. The fourth-order valence-electron chi connectivity index (χ4n) is 4.57. The van der Waals surface area contributed by atoms with Gasteiger partial charge in [-0.3, -0.25) is 4.79 Å². The Labute approximate surface area is 217 Å². The summed E-state index contributed by atoms with van der Waals surface area (Å²) >= 11 is 0. The minimum absolute atomic E-state index is 0.0164. The molecular weight excluding hydrogens is 507 g/mol. The maximum atomic E-state index is 14.4. The second-order valence-corrected chi connectivity index (χ2v) is 9.59. The lowest BCUT2D eigenvalue weighted by Crippen LogP contribution is -2.42. The van der Waals surface area contributed by atoms with Gasteiger partial charge in [-0.2, -0.15) is 8.78 Å². The van der Waals surface area contributed by atoms with Crippen LogP contribution in [-0.4, -0.2) is 32.9 Å². The van der Waals surface area contributed by atoms with Gasteiger partial charge in [-0.1, -0.05) is 30.3 Å². The molecule has 0 aliphatic carbocycles. The average Bonchev–Trinajstić information content (AvgIpc) is 3.26. The molecule has 2 unspecified atom stereocenters. The molecule has 204 valence electrons. The van der Waals surface area contributed by atoms with Gasteiger partial charge in [-0.05, 0) is 30.5 Å². The quantitative estimate of drug-likeness (QED) is 0.309. The summed E-state index contributed by atoms with van der Waals surface area (Å²) in [6, 6.07) is 9.68. The number of imidazole rings is 1. The number of hydrogen-bond acceptors (Lipinski definition) is 4. The first-order valence-electron chi connectivity index (χ1n) is 12.2. The molecule has 0 radical (unpaired) electrons. The molecule has 2 heterocycles. The summed E-state index contributed by atoms with van der Waals surface area (Å²) in [5.74, 6) is -7.43. The number of carbonyl (C=O) groups excluding carboxylic acids is 1. The predicted molar refractivity (Wildman–Crippen MR) is 129 cm³/mol. The predicted octanol–water partition coefficient (Wildman–Crippen LogP) is 4.99. The van der Waals surface area contributed by atoms with E-state index in [1.165, 1.54) is 9.47 Å². The number of amides is 1. The van der Waals surface area contributed by atoms with Crippen LogP contribution in [0, 0.1) is 17.5 Å². The zero-order valence-corrected chi connectivity index (χ0v) is 21.1. The number of benzene rings is 2. The largest absolute Gasteiger partial charge is 0.367 e. The number of hydrogen-bond donors (Lipinski definition) is 1. The van der Waals surface area contributed by atoms with Crippen LogP contribution in [0.15, 0.2) is 42.5 Å². The van der Waals surface area contributed by atoms with Crippen LogP contribution < -0.4 is 5.73 Å². The fourth-order valence-corrected chi connectivity index (χ4v) is 4.57. The van der Waals surface area contributed by atoms with Gasteiger partial charge in [0.15, 0.2) is 17.5 Å². The van der Waals surface area contributed by atoms with E-state index in [-0.39, 0.29) is 50.6 Å². The molecular formula is C27H29F5N4O2. The lowest BCUT2D eigenvalue weighted by Gasteiger charge is -2.31. The Morgan fingerprint density at radius 1 is 1.11 bits per heavy atom. The maximum absolute atomic E-state index is 14.4. The number of carbonyl (C=O) groups is 1. The smallest absolute Gasteiger partial charge is 0.302 e. The Morgan fingerprint density at radius 2 is 1.79 bits per heavy atom. The van der Waals surface area contributed by atoms with E-state index < -0.39 is 41.3 Å². The van der Waals surface area contributed by atoms with Crippen molar-refractivity contribution in [3.05, 3.63) is 88.3 Å². The van der Waals surface area contributed by atoms with Crippen molar-refractivity contribution in [3.8, 4) is 0 Å². The van der Waals surface area contributed by atoms with E-state index in [1.54, 1.807) is 6.92 Å². The molecule has 6 nitrogen and oxygen atoms in total. The lowest BCUT2D eigenvalue weighted by molar-refractivity contribution is -0.133. The molecule has 11 heteroatoms. The number of ether oxygens (including phenoxy) is 1. The highest BCUT2D eigenvalue weighted by atomic mass is 19.3. The number of fused-ring (bicyclic) bond motifs is 1. The highest BCUT2D eigenvalue weighted by molar-refractivity contribution is 5.77. The molecule has 0 fully saturated rings. The SMILES string of the molecule is CC(OCc1ccccc1)c1nc(C(C)(F)F)n2c1CN(C(=O)CC(N)Cc1cc(F)c(F)cc1F)CC2. The number of halogens is 5. The first-order chi connectivity index (χ1) is 17.9. The second kappa shape index (κ2) is 11.2. The molecule has 0 saturated carbocycles. The first-order valence-corrected chi connectivity index (χ1v) is 12.2. The number of nitrogens with two attached hydrogens (primary N) is 1. The fraction of sp³-hybridized carbons (Fsp3) is 0.407. The van der Waals surface area contributed by atoms with Crippen molar-refractivity contribution in [3.63, 3.8) is 0 Å². The molecule has 1 aromatic heterocycles. The van der Waals surface area contributed by atoms with Crippen LogP contribution in [0.3, 0.4) is 0 Å². The molecule has 0 saturated heterocycles. The Hall–Kier alpha value is -3.31. The van der Waals surface area contributed by atoms with Crippen molar-refractivity contribution >= 4 is 5.91 Å². The molecule has 38 heavy (non-hydrogen) atoms. The van der Waals surface area contributed by atoms with Crippen molar-refractivity contribution in [1.82, 2.24) is 14.5 Å². The van der Waals surface area contributed by atoms with Crippen LogP contribution in [-0.2, 0) is 41.6 Å². The van der Waals surface area contributed by atoms with E-state index in [1.807, 2.05) is 30.3 Å². The van der Waals surface area contributed by atoms with Crippen LogP contribution in [0.4, 0.5) is 22.0 Å². The van der Waals surface area contributed by atoms with Crippen molar-refractivity contribution in [1.29, 1.82) is 0 Å². The summed E-state index contributed by atoms with van der Waals surface area (Å²) in [5.41, 5.74) is 7.58. The van der Waals surface area contributed by atoms with Gasteiger partial charge < -0.3 is 19.9 Å². The molecule has 0 bridgehead atoms. The van der Waals surface area contributed by atoms with Gasteiger partial charge in [-0.15, -0.1) is 0 Å². The van der Waals surface area contributed by atoms with E-state index in [4.69, 9.17) is 10.5 Å². The normalized spacial score (nSPS) is 15.3. The summed E-state index contributed by atoms with van der Waals surface area (Å²) in [6.45, 7) is 3.01. The van der Waals surface area contributed by atoms with Crippen LogP contribution in [0.2, 0.25) is 0 Å². The van der Waals surface area contributed by atoms with Gasteiger partial charge in [0.2, 0.25) is 5.91 Å². The molecule has 1 amide bonds. The van der Waals surface area contributed by atoms with E-state index in [0.29, 0.717) is 17.5 Å². The van der Waals surface area contributed by atoms with Gasteiger partial charge >= 0.3 is 5.92 Å². The Bertz CT molecular complexity index is 1290. The van der Waals surface area contributed by atoms with Gasteiger partial charge in [-0.25, -0.2) is 18.2 Å². The monoisotopic (exact) mass is 536 g/mol. The zero-order chi connectivity index (χ0) is 27.6. The zero-order valence-electron chi connectivity index (χ0n) is 21.1. The maximum Gasteiger partial charge on any atom is 0.302 e. The lowest BCUT2D eigenvalue weighted by atomic mass is 10.0. The minimum Gasteiger partial charge on any atom is -0.367 e. The molecule has 0 spiro atoms. The van der Waals surface area contributed by atoms with E-state index in [9.17, 15) is 26.7 Å². The molecule has 2 atom stereocenters. The molecule has 4 rings (SSSR count). The van der Waals surface area contributed by atoms with Crippen molar-refractivity contribution in [2.24, 2.45) is 5.73 Å². The van der Waals surface area contributed by atoms with Crippen molar-refractivity contribution < 1.29 is 31.5 Å². The van der Waals surface area contributed by atoms with E-state index in [0.717, 1.165) is 18.6 Å². The summed E-state index contributed by atoms with van der Waals surface area (Å²) in [5, 5.41) is 0. The second-order valence-electron chi connectivity index (χ2n) is 9.59. The topological polar surface area (TPSA) is 73.4 Å². The van der Waals surface area contributed by atoms with Gasteiger partial charge in [0.1, 0.15) is 5.82 Å². The molecule has 2 aromatic carbocycles. The van der Waals surface area contributed by atoms with Crippen LogP contribution in [0.25, 0.3) is 0 Å². The van der Waals surface area contributed by atoms with Gasteiger partial charge in [0, 0.05) is 38.5 Å². The van der Waals surface area contributed by atoms with Gasteiger partial charge in [0.25, 0.3) is 0 Å². The van der Waals surface area contributed by atoms with Crippen LogP contribution in [0.5, 0.6) is 0 Å². The Morgan fingerprint density at radius 3 is 2.47 bits per heavy atom. The summed E-state index contributed by atoms with van der Waals surface area (Å²) < 4.78 is 76.8. The Kier molecular flexibility index (Phi) is 8.17. The van der Waals surface area contributed by atoms with Crippen LogP contribution >= 0.6 is 0 Å². The third-order valence-electron chi connectivity index (χ3n) is 6.52. The summed E-state index contributed by atoms with van der Waals surface area (Å²) in [7, 11) is 0. The average molecular weight is 537 g/mol. The number of alkyl halides is 2. The van der Waals surface area contributed by atoms with Crippen molar-refractivity contribution in [2.45, 2.75) is 64.5 Å². The summed E-state index contributed by atoms with van der Waals surface area (Å²) in [6.07, 6.45) is -0.998. The third kappa shape index (κ3) is 6.21. The molecule has 1 aliphatic heterocycles. The summed E-state index contributed by atoms with van der Waals surface area (Å²) in [4.78, 5) is 18.7. The number of nitrogens with zero attached hydrogens (tertiary/aromatic N) is 3.